The second-order valence-electron chi connectivity index (χ2n) is 6.94. The van der Waals surface area contributed by atoms with Gasteiger partial charge in [0.15, 0.2) is 0 Å². The maximum atomic E-state index is 13.1. The molecule has 156 valence electrons. The fourth-order valence-electron chi connectivity index (χ4n) is 3.64. The van der Waals surface area contributed by atoms with Crippen molar-refractivity contribution >= 4 is 34.7 Å². The predicted octanol–water partition coefficient (Wildman–Crippen LogP) is 4.68. The molecule has 7 heteroatoms. The number of benzene rings is 3. The highest BCUT2D eigenvalue weighted by atomic mass is 35.5. The van der Waals surface area contributed by atoms with Gasteiger partial charge in [0.05, 0.1) is 24.4 Å². The van der Waals surface area contributed by atoms with Gasteiger partial charge in [0, 0.05) is 10.6 Å². The van der Waals surface area contributed by atoms with E-state index in [4.69, 9.17) is 16.3 Å². The van der Waals surface area contributed by atoms with Crippen LogP contribution in [0.3, 0.4) is 0 Å². The van der Waals surface area contributed by atoms with Gasteiger partial charge in [-0.25, -0.2) is 0 Å². The van der Waals surface area contributed by atoms with Crippen molar-refractivity contribution in [2.45, 2.75) is 6.04 Å². The van der Waals surface area contributed by atoms with Crippen LogP contribution in [0.5, 0.6) is 11.5 Å². The Kier molecular flexibility index (Phi) is 5.40. The number of aliphatic hydroxyl groups is 1. The molecule has 1 saturated heterocycles. The number of ketones is 1. The molecule has 0 aromatic heterocycles. The fraction of sp³-hybridized carbons (Fsp3) is 0.0833. The Balaban J connectivity index is 1.96. The summed E-state index contributed by atoms with van der Waals surface area (Å²) < 4.78 is 5.20. The molecule has 1 aliphatic rings. The van der Waals surface area contributed by atoms with Crippen LogP contribution < -0.4 is 9.64 Å². The van der Waals surface area contributed by atoms with Gasteiger partial charge in [0.25, 0.3) is 11.7 Å². The second-order valence-corrected chi connectivity index (χ2v) is 7.38. The van der Waals surface area contributed by atoms with Crippen molar-refractivity contribution in [3.63, 3.8) is 0 Å². The van der Waals surface area contributed by atoms with Crippen molar-refractivity contribution in [1.29, 1.82) is 0 Å². The Bertz CT molecular complexity index is 1200. The van der Waals surface area contributed by atoms with Gasteiger partial charge in [-0.05, 0) is 42.0 Å². The van der Waals surface area contributed by atoms with Gasteiger partial charge in [-0.2, -0.15) is 0 Å². The number of hydrogen-bond acceptors (Lipinski definition) is 5. The number of halogens is 1. The van der Waals surface area contributed by atoms with E-state index in [1.165, 1.54) is 30.2 Å². The van der Waals surface area contributed by atoms with Crippen LogP contribution in [0.1, 0.15) is 17.2 Å². The first-order valence-corrected chi connectivity index (χ1v) is 9.79. The molecule has 2 N–H and O–H groups in total. The van der Waals surface area contributed by atoms with Crippen molar-refractivity contribution in [1.82, 2.24) is 0 Å². The summed E-state index contributed by atoms with van der Waals surface area (Å²) in [6.07, 6.45) is 0. The number of hydrogen-bond donors (Lipinski definition) is 2. The number of nitrogens with zero attached hydrogens (tertiary/aromatic N) is 1. The topological polar surface area (TPSA) is 87.1 Å². The molecular formula is C24H18ClNO5. The molecular weight excluding hydrogens is 418 g/mol. The van der Waals surface area contributed by atoms with Gasteiger partial charge in [-0.15, -0.1) is 0 Å². The maximum absolute atomic E-state index is 13.1. The Morgan fingerprint density at radius 1 is 1.00 bits per heavy atom. The monoisotopic (exact) mass is 435 g/mol. The molecule has 1 fully saturated rings. The molecule has 1 atom stereocenters. The number of methoxy groups -OCH3 is 1. The van der Waals surface area contributed by atoms with E-state index in [0.717, 1.165) is 0 Å². The lowest BCUT2D eigenvalue weighted by Crippen LogP contribution is -2.29. The lowest BCUT2D eigenvalue weighted by molar-refractivity contribution is -0.132. The zero-order chi connectivity index (χ0) is 22.1. The lowest BCUT2D eigenvalue weighted by Gasteiger charge is -2.26. The molecule has 1 heterocycles. The summed E-state index contributed by atoms with van der Waals surface area (Å²) in [7, 11) is 1.53. The standard InChI is InChI=1S/C24H18ClNO5/c1-31-17-11-9-14(10-12-17)21-20(22(28)15-5-4-6-16(25)13-15)23(29)24(30)26(21)18-7-2-3-8-19(18)27/h2-13,21,27-28H,1H3/b22-20+. The predicted molar refractivity (Wildman–Crippen MR) is 117 cm³/mol. The minimum absolute atomic E-state index is 0.0966. The third kappa shape index (κ3) is 3.62. The molecule has 3 aromatic carbocycles. The number of amides is 1. The lowest BCUT2D eigenvalue weighted by atomic mass is 9.95. The van der Waals surface area contributed by atoms with Crippen molar-refractivity contribution in [3.05, 3.63) is 94.5 Å². The van der Waals surface area contributed by atoms with Crippen molar-refractivity contribution in [2.24, 2.45) is 0 Å². The average Bonchev–Trinajstić information content (AvgIpc) is 3.04. The molecule has 6 nitrogen and oxygen atoms in total. The van der Waals surface area contributed by atoms with Crippen molar-refractivity contribution < 1.29 is 24.5 Å². The molecule has 0 aliphatic carbocycles. The number of phenolic OH excluding ortho intramolecular Hbond substituents is 1. The van der Waals surface area contributed by atoms with Gasteiger partial charge in [-0.3, -0.25) is 14.5 Å². The van der Waals surface area contributed by atoms with Crippen LogP contribution in [0.2, 0.25) is 5.02 Å². The van der Waals surface area contributed by atoms with Crippen LogP contribution in [0.15, 0.2) is 78.4 Å². The van der Waals surface area contributed by atoms with Crippen molar-refractivity contribution in [2.75, 3.05) is 12.0 Å². The number of rotatable bonds is 4. The average molecular weight is 436 g/mol. The molecule has 1 amide bonds. The Hall–Kier alpha value is -3.77. The summed E-state index contributed by atoms with van der Waals surface area (Å²) in [6.45, 7) is 0. The van der Waals surface area contributed by atoms with Gasteiger partial charge in [0.1, 0.15) is 17.3 Å². The molecule has 0 bridgehead atoms. The second kappa shape index (κ2) is 8.16. The molecule has 0 spiro atoms. The third-order valence-corrected chi connectivity index (χ3v) is 5.35. The van der Waals surface area contributed by atoms with Crippen LogP contribution in [-0.2, 0) is 9.59 Å². The van der Waals surface area contributed by atoms with Gasteiger partial charge < -0.3 is 14.9 Å². The SMILES string of the molecule is COc1ccc(C2/C(=C(\O)c3cccc(Cl)c3)C(=O)C(=O)N2c2ccccc2O)cc1. The highest BCUT2D eigenvalue weighted by Crippen LogP contribution is 2.44. The third-order valence-electron chi connectivity index (χ3n) is 5.12. The van der Waals surface area contributed by atoms with Gasteiger partial charge in [-0.1, -0.05) is 48.0 Å². The maximum Gasteiger partial charge on any atom is 0.300 e. The first-order valence-electron chi connectivity index (χ1n) is 9.41. The minimum atomic E-state index is -0.960. The Labute approximate surface area is 183 Å². The summed E-state index contributed by atoms with van der Waals surface area (Å²) in [5.41, 5.74) is 0.935. The zero-order valence-corrected chi connectivity index (χ0v) is 17.2. The van der Waals surface area contributed by atoms with Crippen LogP contribution in [-0.4, -0.2) is 29.0 Å². The van der Waals surface area contributed by atoms with E-state index >= 15 is 0 Å². The molecule has 1 aliphatic heterocycles. The van der Waals surface area contributed by atoms with Gasteiger partial charge >= 0.3 is 0 Å². The van der Waals surface area contributed by atoms with Gasteiger partial charge in [0.2, 0.25) is 0 Å². The quantitative estimate of drug-likeness (QED) is 0.353. The number of anilines is 1. The first-order chi connectivity index (χ1) is 14.9. The Morgan fingerprint density at radius 3 is 2.35 bits per heavy atom. The molecule has 0 saturated carbocycles. The summed E-state index contributed by atoms with van der Waals surface area (Å²) >= 11 is 6.05. The largest absolute Gasteiger partial charge is 0.507 e. The fourth-order valence-corrected chi connectivity index (χ4v) is 3.83. The van der Waals surface area contributed by atoms with Crippen LogP contribution in [0.4, 0.5) is 5.69 Å². The van der Waals surface area contributed by atoms with E-state index in [1.807, 2.05) is 0 Å². The molecule has 3 aromatic rings. The van der Waals surface area contributed by atoms with E-state index in [2.05, 4.69) is 0 Å². The summed E-state index contributed by atoms with van der Waals surface area (Å²) in [5, 5.41) is 21.8. The molecule has 4 rings (SSSR count). The van der Waals surface area contributed by atoms with Crippen LogP contribution >= 0.6 is 11.6 Å². The van der Waals surface area contributed by atoms with Crippen LogP contribution in [0.25, 0.3) is 5.76 Å². The van der Waals surface area contributed by atoms with Crippen molar-refractivity contribution in [3.8, 4) is 11.5 Å². The van der Waals surface area contributed by atoms with E-state index in [1.54, 1.807) is 54.6 Å². The Morgan fingerprint density at radius 2 is 1.71 bits per heavy atom. The molecule has 0 radical (unpaired) electrons. The first kappa shape index (κ1) is 20.5. The number of carbonyl (C=O) groups excluding carboxylic acids is 2. The number of ether oxygens (including phenoxy) is 1. The number of phenols is 1. The number of aromatic hydroxyl groups is 1. The van der Waals surface area contributed by atoms with E-state index < -0.39 is 17.7 Å². The summed E-state index contributed by atoms with van der Waals surface area (Å²) in [4.78, 5) is 27.3. The zero-order valence-electron chi connectivity index (χ0n) is 16.4. The molecule has 31 heavy (non-hydrogen) atoms. The number of carbonyl (C=O) groups is 2. The summed E-state index contributed by atoms with van der Waals surface area (Å²) in [6, 6.07) is 18.4. The minimum Gasteiger partial charge on any atom is -0.507 e. The van der Waals surface area contributed by atoms with Crippen LogP contribution in [0, 0.1) is 0 Å². The normalized spacial score (nSPS) is 17.7. The smallest absolute Gasteiger partial charge is 0.300 e. The van der Waals surface area contributed by atoms with E-state index in [0.29, 0.717) is 21.9 Å². The number of aliphatic hydroxyl groups excluding tert-OH is 1. The number of para-hydroxylation sites is 2. The number of Topliss-reactive ketones (excluding diaryl/α,β-unsaturated/α-hetero) is 1. The molecule has 1 unspecified atom stereocenters. The highest BCUT2D eigenvalue weighted by Gasteiger charge is 2.47. The van der Waals surface area contributed by atoms with E-state index in [9.17, 15) is 19.8 Å². The summed E-state index contributed by atoms with van der Waals surface area (Å²) in [5.74, 6) is -1.63. The van der Waals surface area contributed by atoms with E-state index in [-0.39, 0.29) is 22.8 Å². The highest BCUT2D eigenvalue weighted by molar-refractivity contribution is 6.52.